The molecule has 168 valence electrons. The van der Waals surface area contributed by atoms with E-state index in [2.05, 4.69) is 33.4 Å². The van der Waals surface area contributed by atoms with E-state index in [0.717, 1.165) is 73.9 Å². The Morgan fingerprint density at radius 3 is 2.81 bits per heavy atom. The number of piperidine rings is 1. The molecule has 8 heteroatoms. The van der Waals surface area contributed by atoms with Crippen molar-refractivity contribution in [3.05, 3.63) is 51.4 Å². The van der Waals surface area contributed by atoms with Gasteiger partial charge in [0.2, 0.25) is 0 Å². The van der Waals surface area contributed by atoms with Crippen LogP contribution in [0, 0.1) is 0 Å². The number of aryl methyl sites for hydroxylation is 1. The molecule has 3 aliphatic rings. The Hall–Kier alpha value is -2.42. The quantitative estimate of drug-likeness (QED) is 0.642. The van der Waals surface area contributed by atoms with Gasteiger partial charge in [-0.3, -0.25) is 14.3 Å². The van der Waals surface area contributed by atoms with Crippen LogP contribution in [0.25, 0.3) is 10.2 Å². The number of para-hydroxylation sites is 1. The topological polar surface area (TPSA) is 68.6 Å². The molecule has 1 fully saturated rings. The van der Waals surface area contributed by atoms with Crippen molar-refractivity contribution in [3.8, 4) is 11.5 Å². The van der Waals surface area contributed by atoms with Crippen LogP contribution in [0.4, 0.5) is 0 Å². The fraction of sp³-hybridized carbons (Fsp3) is 0.500. The highest BCUT2D eigenvalue weighted by molar-refractivity contribution is 7.16. The normalized spacial score (nSPS) is 21.2. The number of fused-ring (bicyclic) bond motifs is 1. The van der Waals surface area contributed by atoms with E-state index in [1.165, 1.54) is 22.4 Å². The van der Waals surface area contributed by atoms with Crippen molar-refractivity contribution in [2.45, 2.75) is 44.3 Å². The van der Waals surface area contributed by atoms with Crippen molar-refractivity contribution in [2.24, 2.45) is 0 Å². The summed E-state index contributed by atoms with van der Waals surface area (Å²) in [7, 11) is 0. The number of nitrogens with one attached hydrogen (secondary N) is 1. The van der Waals surface area contributed by atoms with Gasteiger partial charge in [-0.15, -0.1) is 0 Å². The molecule has 5 heterocycles. The monoisotopic (exact) mass is 452 g/mol. The number of benzene rings is 1. The first-order valence-corrected chi connectivity index (χ1v) is 12.4. The van der Waals surface area contributed by atoms with Crippen LogP contribution in [0.5, 0.6) is 11.5 Å². The van der Waals surface area contributed by atoms with E-state index < -0.39 is 0 Å². The Labute approximate surface area is 191 Å². The van der Waals surface area contributed by atoms with E-state index in [4.69, 9.17) is 9.47 Å². The van der Waals surface area contributed by atoms with E-state index in [1.54, 1.807) is 6.20 Å². The average Bonchev–Trinajstić information content (AvgIpc) is 3.16. The van der Waals surface area contributed by atoms with E-state index in [9.17, 15) is 4.79 Å². The summed E-state index contributed by atoms with van der Waals surface area (Å²) < 4.78 is 14.3. The first-order valence-electron chi connectivity index (χ1n) is 11.6. The van der Waals surface area contributed by atoms with Gasteiger partial charge in [0, 0.05) is 37.7 Å². The number of aromatic nitrogens is 2. The standard InChI is InChI=1S/C24H28N4O3S/c29-24-28-9-4-16(19-2-1-3-22(32-24)23(19)28)15-27-7-5-17(6-8-27)25-13-18-12-20-21(14-26-18)31-11-10-30-20/h1-3,12,14,16-17,25H,4-11,13,15H2. The van der Waals surface area contributed by atoms with E-state index >= 15 is 0 Å². The number of likely N-dealkylation sites (tertiary alicyclic amines) is 1. The van der Waals surface area contributed by atoms with Gasteiger partial charge in [-0.05, 0) is 44.0 Å². The maximum Gasteiger partial charge on any atom is 0.308 e. The molecule has 7 nitrogen and oxygen atoms in total. The smallest absolute Gasteiger partial charge is 0.308 e. The molecule has 6 rings (SSSR count). The highest BCUT2D eigenvalue weighted by Gasteiger charge is 2.27. The van der Waals surface area contributed by atoms with Crippen LogP contribution in [0.1, 0.15) is 36.4 Å². The molecule has 0 aliphatic carbocycles. The summed E-state index contributed by atoms with van der Waals surface area (Å²) in [5.74, 6) is 2.06. The summed E-state index contributed by atoms with van der Waals surface area (Å²) in [5, 5.41) is 3.68. The molecule has 1 N–H and O–H groups in total. The molecule has 1 aromatic carbocycles. The van der Waals surface area contributed by atoms with Gasteiger partial charge in [0.05, 0.1) is 22.1 Å². The van der Waals surface area contributed by atoms with E-state index in [0.29, 0.717) is 25.2 Å². The van der Waals surface area contributed by atoms with Crippen molar-refractivity contribution < 1.29 is 9.47 Å². The van der Waals surface area contributed by atoms with Gasteiger partial charge in [0.15, 0.2) is 11.5 Å². The number of pyridine rings is 1. The molecule has 0 radical (unpaired) electrons. The average molecular weight is 453 g/mol. The van der Waals surface area contributed by atoms with Crippen molar-refractivity contribution in [3.63, 3.8) is 0 Å². The first-order chi connectivity index (χ1) is 15.7. The van der Waals surface area contributed by atoms with Crippen LogP contribution in [0.15, 0.2) is 35.3 Å². The summed E-state index contributed by atoms with van der Waals surface area (Å²) in [6, 6.07) is 8.92. The Bertz CT molecular complexity index is 1180. The molecular weight excluding hydrogens is 424 g/mol. The number of hydrogen-bond donors (Lipinski definition) is 1. The maximum absolute atomic E-state index is 12.3. The summed E-state index contributed by atoms with van der Waals surface area (Å²) in [5.41, 5.74) is 3.54. The Kier molecular flexibility index (Phi) is 5.37. The van der Waals surface area contributed by atoms with Crippen molar-refractivity contribution in [2.75, 3.05) is 32.8 Å². The van der Waals surface area contributed by atoms with Crippen LogP contribution in [-0.2, 0) is 13.1 Å². The lowest BCUT2D eigenvalue weighted by Crippen LogP contribution is -2.44. The molecule has 32 heavy (non-hydrogen) atoms. The minimum Gasteiger partial charge on any atom is -0.486 e. The fourth-order valence-electron chi connectivity index (χ4n) is 5.28. The zero-order chi connectivity index (χ0) is 21.5. The minimum absolute atomic E-state index is 0.185. The molecule has 0 saturated carbocycles. The largest absolute Gasteiger partial charge is 0.486 e. The molecule has 1 atom stereocenters. The van der Waals surface area contributed by atoms with Crippen LogP contribution in [0.3, 0.4) is 0 Å². The fourth-order valence-corrected chi connectivity index (χ4v) is 6.23. The molecule has 0 bridgehead atoms. The molecule has 3 aromatic rings. The zero-order valence-corrected chi connectivity index (χ0v) is 18.9. The van der Waals surface area contributed by atoms with Crippen LogP contribution in [-0.4, -0.2) is 53.3 Å². The highest BCUT2D eigenvalue weighted by atomic mass is 32.1. The lowest BCUT2D eigenvalue weighted by molar-refractivity contribution is 0.170. The summed E-state index contributed by atoms with van der Waals surface area (Å²) in [6.07, 6.45) is 5.11. The molecule has 3 aliphatic heterocycles. The van der Waals surface area contributed by atoms with Gasteiger partial charge in [0.1, 0.15) is 13.2 Å². The van der Waals surface area contributed by atoms with Crippen LogP contribution in [0.2, 0.25) is 0 Å². The van der Waals surface area contributed by atoms with E-state index in [1.807, 2.05) is 10.6 Å². The molecule has 0 amide bonds. The molecular formula is C24H28N4O3S. The Balaban J connectivity index is 1.04. The van der Waals surface area contributed by atoms with Crippen molar-refractivity contribution in [1.29, 1.82) is 0 Å². The minimum atomic E-state index is 0.185. The number of rotatable bonds is 5. The number of ether oxygens (including phenoxy) is 2. The van der Waals surface area contributed by atoms with Gasteiger partial charge < -0.3 is 19.7 Å². The van der Waals surface area contributed by atoms with Gasteiger partial charge in [0.25, 0.3) is 0 Å². The third-order valence-electron chi connectivity index (χ3n) is 6.98. The lowest BCUT2D eigenvalue weighted by Gasteiger charge is -2.36. The highest BCUT2D eigenvalue weighted by Crippen LogP contribution is 2.35. The number of thiazole rings is 1. The van der Waals surface area contributed by atoms with E-state index in [-0.39, 0.29) is 4.87 Å². The SMILES string of the molecule is O=c1sc2cccc3c2n1CCC3CN1CCC(NCc2cc3c(cn2)OCCO3)CC1. The van der Waals surface area contributed by atoms with Crippen molar-refractivity contribution >= 4 is 21.6 Å². The number of nitrogens with zero attached hydrogens (tertiary/aromatic N) is 3. The second-order valence-corrected chi connectivity index (χ2v) is 9.97. The summed E-state index contributed by atoms with van der Waals surface area (Å²) in [4.78, 5) is 19.6. The Morgan fingerprint density at radius 1 is 1.09 bits per heavy atom. The lowest BCUT2D eigenvalue weighted by atomic mass is 9.90. The predicted molar refractivity (Wildman–Crippen MR) is 125 cm³/mol. The predicted octanol–water partition coefficient (Wildman–Crippen LogP) is 2.97. The molecule has 2 aromatic heterocycles. The molecule has 1 saturated heterocycles. The van der Waals surface area contributed by atoms with Gasteiger partial charge >= 0.3 is 4.87 Å². The Morgan fingerprint density at radius 2 is 1.94 bits per heavy atom. The van der Waals surface area contributed by atoms with Gasteiger partial charge in [-0.25, -0.2) is 0 Å². The zero-order valence-electron chi connectivity index (χ0n) is 18.1. The second kappa shape index (κ2) is 8.50. The molecule has 0 spiro atoms. The third-order valence-corrected chi connectivity index (χ3v) is 7.93. The van der Waals surface area contributed by atoms with Crippen LogP contribution < -0.4 is 19.7 Å². The maximum atomic E-state index is 12.3. The number of hydrogen-bond acceptors (Lipinski definition) is 7. The first kappa shape index (κ1) is 20.2. The van der Waals surface area contributed by atoms with Gasteiger partial charge in [-0.1, -0.05) is 23.5 Å². The summed E-state index contributed by atoms with van der Waals surface area (Å²) in [6.45, 7) is 6.09. The second-order valence-electron chi connectivity index (χ2n) is 8.97. The van der Waals surface area contributed by atoms with Crippen LogP contribution >= 0.6 is 11.3 Å². The van der Waals surface area contributed by atoms with Gasteiger partial charge in [-0.2, -0.15) is 0 Å². The summed E-state index contributed by atoms with van der Waals surface area (Å²) >= 11 is 1.38. The van der Waals surface area contributed by atoms with Crippen molar-refractivity contribution in [1.82, 2.24) is 19.8 Å². The third kappa shape index (κ3) is 3.80. The molecule has 1 unspecified atom stereocenters.